The highest BCUT2D eigenvalue weighted by Crippen LogP contribution is 2.56. The van der Waals surface area contributed by atoms with Gasteiger partial charge in [0, 0.05) is 10.3 Å². The van der Waals surface area contributed by atoms with Gasteiger partial charge in [0.1, 0.15) is 23.5 Å². The maximum absolute atomic E-state index is 13.4. The smallest absolute Gasteiger partial charge is 0.325 e. The van der Waals surface area contributed by atoms with Gasteiger partial charge in [-0.1, -0.05) is 32.0 Å². The van der Waals surface area contributed by atoms with Crippen LogP contribution in [0.3, 0.4) is 0 Å². The van der Waals surface area contributed by atoms with Crippen molar-refractivity contribution in [2.45, 2.75) is 69.3 Å². The van der Waals surface area contributed by atoms with E-state index in [9.17, 15) is 19.2 Å². The summed E-state index contributed by atoms with van der Waals surface area (Å²) in [5.41, 5.74) is 1.49. The van der Waals surface area contributed by atoms with Gasteiger partial charge in [0.25, 0.3) is 5.91 Å². The van der Waals surface area contributed by atoms with Crippen LogP contribution in [-0.2, 0) is 14.4 Å². The molecule has 1 aromatic carbocycles. The number of carbonyl (C=O) groups excluding carboxylic acids is 3. The van der Waals surface area contributed by atoms with E-state index in [-0.39, 0.29) is 17.2 Å². The molecule has 0 saturated carbocycles. The first-order valence-electron chi connectivity index (χ1n) is 10.4. The lowest BCUT2D eigenvalue weighted by Crippen LogP contribution is -2.58. The van der Waals surface area contributed by atoms with Crippen LogP contribution in [0, 0.1) is 5.92 Å². The number of carboxylic acids is 1. The van der Waals surface area contributed by atoms with Crippen molar-refractivity contribution in [2.24, 2.45) is 5.92 Å². The van der Waals surface area contributed by atoms with Crippen molar-refractivity contribution in [3.05, 3.63) is 35.4 Å². The molecular formula is C22H29N3O5S. The molecule has 168 valence electrons. The normalized spacial score (nSPS) is 23.2. The molecule has 0 aromatic heterocycles. The number of amides is 3. The molecule has 9 heteroatoms. The Bertz CT molecular complexity index is 916. The first-order chi connectivity index (χ1) is 14.4. The maximum Gasteiger partial charge on any atom is 0.325 e. The minimum atomic E-state index is -1.15. The number of fused-ring (bicyclic) bond motifs is 3. The van der Waals surface area contributed by atoms with Crippen LogP contribution in [0.25, 0.3) is 0 Å². The van der Waals surface area contributed by atoms with Crippen LogP contribution in [-0.4, -0.2) is 56.6 Å². The monoisotopic (exact) mass is 447 g/mol. The van der Waals surface area contributed by atoms with Gasteiger partial charge < -0.3 is 20.6 Å². The van der Waals surface area contributed by atoms with Crippen LogP contribution in [0.1, 0.15) is 62.3 Å². The lowest BCUT2D eigenvalue weighted by Gasteiger charge is -2.31. The standard InChI is InChI=1S/C22H29N3O5S/c1-11(2)10-15(17(26)23-12(3)21(29)30)24-18(27)16-22(4,5)31-20-14-9-7-6-8-13(14)19(28)25(16)20/h6-9,11-12,15-16,20H,10H2,1-5H3,(H,23,26)(H,24,27)(H,29,30)/t12-,15+,16-,20-/m1/s1. The minimum absolute atomic E-state index is 0.0903. The van der Waals surface area contributed by atoms with E-state index in [0.717, 1.165) is 5.56 Å². The second-order valence-corrected chi connectivity index (χ2v) is 10.8. The third-order valence-corrected chi connectivity index (χ3v) is 7.15. The Labute approximate surface area is 186 Å². The third kappa shape index (κ3) is 4.42. The Morgan fingerprint density at radius 1 is 1.16 bits per heavy atom. The van der Waals surface area contributed by atoms with Crippen LogP contribution < -0.4 is 10.6 Å². The Hall–Kier alpha value is -2.55. The summed E-state index contributed by atoms with van der Waals surface area (Å²) in [4.78, 5) is 51.9. The minimum Gasteiger partial charge on any atom is -0.480 e. The number of hydrogen-bond acceptors (Lipinski definition) is 5. The zero-order valence-corrected chi connectivity index (χ0v) is 19.2. The van der Waals surface area contributed by atoms with Crippen molar-refractivity contribution in [3.8, 4) is 0 Å². The van der Waals surface area contributed by atoms with Crippen LogP contribution in [0.15, 0.2) is 24.3 Å². The molecule has 2 aliphatic rings. The molecule has 0 radical (unpaired) electrons. The summed E-state index contributed by atoms with van der Waals surface area (Å²) in [5.74, 6) is -2.21. The van der Waals surface area contributed by atoms with Crippen LogP contribution >= 0.6 is 11.8 Å². The SMILES string of the molecule is CC(C)C[C@H](NC(=O)[C@H]1N2C(=O)c3ccccc3[C@H]2SC1(C)C)C(=O)N[C@H](C)C(=O)O. The van der Waals surface area contributed by atoms with Gasteiger partial charge in [0.05, 0.1) is 0 Å². The van der Waals surface area contributed by atoms with Gasteiger partial charge in [-0.15, -0.1) is 11.8 Å². The predicted octanol–water partition coefficient (Wildman–Crippen LogP) is 2.16. The molecule has 4 atom stereocenters. The number of aliphatic carboxylic acids is 1. The van der Waals surface area contributed by atoms with E-state index in [2.05, 4.69) is 10.6 Å². The molecule has 2 aliphatic heterocycles. The third-order valence-electron chi connectivity index (χ3n) is 5.61. The van der Waals surface area contributed by atoms with Crippen molar-refractivity contribution in [1.82, 2.24) is 15.5 Å². The fourth-order valence-electron chi connectivity index (χ4n) is 4.13. The summed E-state index contributed by atoms with van der Waals surface area (Å²) in [5, 5.41) is 14.1. The molecule has 1 aromatic rings. The fourth-order valence-corrected chi connectivity index (χ4v) is 5.72. The fraction of sp³-hybridized carbons (Fsp3) is 0.545. The maximum atomic E-state index is 13.4. The number of rotatable bonds is 7. The van der Waals surface area contributed by atoms with Crippen molar-refractivity contribution in [1.29, 1.82) is 0 Å². The second-order valence-electron chi connectivity index (χ2n) is 9.04. The Kier molecular flexibility index (Phi) is 6.36. The molecule has 8 nitrogen and oxygen atoms in total. The largest absolute Gasteiger partial charge is 0.480 e. The zero-order valence-electron chi connectivity index (χ0n) is 18.3. The average molecular weight is 448 g/mol. The molecular weight excluding hydrogens is 418 g/mol. The predicted molar refractivity (Wildman–Crippen MR) is 117 cm³/mol. The molecule has 3 rings (SSSR count). The molecule has 1 fully saturated rings. The summed E-state index contributed by atoms with van der Waals surface area (Å²) < 4.78 is -0.564. The Balaban J connectivity index is 1.83. The number of nitrogens with zero attached hydrogens (tertiary/aromatic N) is 1. The van der Waals surface area contributed by atoms with Gasteiger partial charge in [-0.25, -0.2) is 0 Å². The molecule has 3 N–H and O–H groups in total. The van der Waals surface area contributed by atoms with Gasteiger partial charge in [-0.3, -0.25) is 19.2 Å². The van der Waals surface area contributed by atoms with Gasteiger partial charge in [0.2, 0.25) is 11.8 Å². The van der Waals surface area contributed by atoms with Gasteiger partial charge >= 0.3 is 5.97 Å². The lowest BCUT2D eigenvalue weighted by molar-refractivity contribution is -0.141. The summed E-state index contributed by atoms with van der Waals surface area (Å²) in [6.07, 6.45) is 0.349. The van der Waals surface area contributed by atoms with Crippen LogP contribution in [0.5, 0.6) is 0 Å². The highest BCUT2D eigenvalue weighted by Gasteiger charge is 2.57. The molecule has 31 heavy (non-hydrogen) atoms. The van der Waals surface area contributed by atoms with E-state index >= 15 is 0 Å². The number of hydrogen-bond donors (Lipinski definition) is 3. The molecule has 0 bridgehead atoms. The second kappa shape index (κ2) is 8.53. The lowest BCUT2D eigenvalue weighted by atomic mass is 9.98. The quantitative estimate of drug-likeness (QED) is 0.590. The van der Waals surface area contributed by atoms with Gasteiger partial charge in [-0.2, -0.15) is 0 Å². The number of carbonyl (C=O) groups is 4. The van der Waals surface area contributed by atoms with E-state index in [1.807, 2.05) is 39.8 Å². The average Bonchev–Trinajstić information content (AvgIpc) is 3.10. The molecule has 0 aliphatic carbocycles. The molecule has 2 heterocycles. The number of nitrogens with one attached hydrogen (secondary N) is 2. The molecule has 0 unspecified atom stereocenters. The first kappa shape index (κ1) is 23.1. The van der Waals surface area contributed by atoms with Crippen molar-refractivity contribution < 1.29 is 24.3 Å². The Morgan fingerprint density at radius 3 is 2.42 bits per heavy atom. The van der Waals surface area contributed by atoms with E-state index in [0.29, 0.717) is 12.0 Å². The van der Waals surface area contributed by atoms with E-state index in [1.54, 1.807) is 28.8 Å². The summed E-state index contributed by atoms with van der Waals surface area (Å²) in [6, 6.07) is 4.62. The van der Waals surface area contributed by atoms with Gasteiger partial charge in [-0.05, 0) is 44.7 Å². The summed E-state index contributed by atoms with van der Waals surface area (Å²) in [6.45, 7) is 9.04. The van der Waals surface area contributed by atoms with Crippen molar-refractivity contribution in [3.63, 3.8) is 0 Å². The van der Waals surface area contributed by atoms with E-state index in [4.69, 9.17) is 5.11 Å². The van der Waals surface area contributed by atoms with E-state index in [1.165, 1.54) is 6.92 Å². The number of benzene rings is 1. The number of thioether (sulfide) groups is 1. The molecule has 1 saturated heterocycles. The highest BCUT2D eigenvalue weighted by molar-refractivity contribution is 8.01. The topological polar surface area (TPSA) is 116 Å². The van der Waals surface area contributed by atoms with Crippen molar-refractivity contribution >= 4 is 35.5 Å². The van der Waals surface area contributed by atoms with Crippen LogP contribution in [0.2, 0.25) is 0 Å². The summed E-state index contributed by atoms with van der Waals surface area (Å²) in [7, 11) is 0. The number of carboxylic acid groups (broad SMARTS) is 1. The van der Waals surface area contributed by atoms with Crippen molar-refractivity contribution in [2.75, 3.05) is 0 Å². The first-order valence-corrected chi connectivity index (χ1v) is 11.2. The highest BCUT2D eigenvalue weighted by atomic mass is 32.2. The summed E-state index contributed by atoms with van der Waals surface area (Å²) >= 11 is 1.55. The van der Waals surface area contributed by atoms with E-state index < -0.39 is 40.7 Å². The zero-order chi connectivity index (χ0) is 23.1. The van der Waals surface area contributed by atoms with Gasteiger partial charge in [0.15, 0.2) is 0 Å². The molecule has 0 spiro atoms. The Morgan fingerprint density at radius 2 is 1.81 bits per heavy atom. The molecule has 3 amide bonds. The van der Waals surface area contributed by atoms with Crippen LogP contribution in [0.4, 0.5) is 0 Å².